The smallest absolute Gasteiger partial charge is 0.310 e. The van der Waals surface area contributed by atoms with Crippen LogP contribution in [0.5, 0.6) is 0 Å². The van der Waals surface area contributed by atoms with Crippen LogP contribution in [0.1, 0.15) is 25.3 Å². The van der Waals surface area contributed by atoms with Crippen molar-refractivity contribution in [3.05, 3.63) is 41.5 Å². The van der Waals surface area contributed by atoms with Gasteiger partial charge in [0, 0.05) is 24.8 Å². The molecule has 5 rings (SSSR count). The zero-order chi connectivity index (χ0) is 16.5. The molecule has 4 heteroatoms. The maximum atomic E-state index is 12.9. The summed E-state index contributed by atoms with van der Waals surface area (Å²) in [5.74, 6) is 0.0569. The Labute approximate surface area is 142 Å². The topological polar surface area (TPSA) is 41.9 Å². The van der Waals surface area contributed by atoms with Gasteiger partial charge in [-0.15, -0.1) is 0 Å². The largest absolute Gasteiger partial charge is 0.469 e. The van der Waals surface area contributed by atoms with Crippen molar-refractivity contribution in [2.24, 2.45) is 16.8 Å². The van der Waals surface area contributed by atoms with E-state index < -0.39 is 0 Å². The second-order valence-electron chi connectivity index (χ2n) is 7.43. The van der Waals surface area contributed by atoms with Crippen molar-refractivity contribution in [3.63, 3.8) is 0 Å². The number of methoxy groups -OCH3 is 1. The molecule has 0 spiro atoms. The minimum Gasteiger partial charge on any atom is -0.469 e. The van der Waals surface area contributed by atoms with E-state index in [1.165, 1.54) is 24.0 Å². The SMILES string of the molecule is C/C=C1\CN2CCC34C(=Nc5ccccc53)C2CC1C4C(=O)OC. The standard InChI is InChI=1S/C20H22N2O2/c1-3-12-11-22-9-8-20-14-6-4-5-7-15(14)21-18(20)16(22)10-13(12)17(20)19(23)24-2/h3-7,13,16-17H,8-11H2,1-2H3/b12-3+. The highest BCUT2D eigenvalue weighted by molar-refractivity contribution is 6.09. The molecule has 4 atom stereocenters. The van der Waals surface area contributed by atoms with Gasteiger partial charge in [0.15, 0.2) is 0 Å². The molecule has 1 saturated carbocycles. The van der Waals surface area contributed by atoms with Gasteiger partial charge in [0.25, 0.3) is 0 Å². The number of hydrogen-bond donors (Lipinski definition) is 0. The van der Waals surface area contributed by atoms with Gasteiger partial charge in [-0.25, -0.2) is 0 Å². The molecule has 1 aliphatic carbocycles. The Balaban J connectivity index is 1.79. The molecule has 1 aromatic carbocycles. The predicted molar refractivity (Wildman–Crippen MR) is 92.6 cm³/mol. The average molecular weight is 322 g/mol. The third-order valence-electron chi connectivity index (χ3n) is 6.73. The monoisotopic (exact) mass is 322 g/mol. The van der Waals surface area contributed by atoms with E-state index in [2.05, 4.69) is 36.1 Å². The number of rotatable bonds is 1. The number of nitrogens with zero attached hydrogens (tertiary/aromatic N) is 2. The van der Waals surface area contributed by atoms with Gasteiger partial charge in [-0.2, -0.15) is 0 Å². The molecule has 0 N–H and O–H groups in total. The first-order valence-electron chi connectivity index (χ1n) is 8.86. The lowest BCUT2D eigenvalue weighted by Crippen LogP contribution is -2.68. The number of fused-ring (bicyclic) bond motifs is 2. The molecule has 0 amide bonds. The van der Waals surface area contributed by atoms with Crippen LogP contribution >= 0.6 is 0 Å². The fourth-order valence-corrected chi connectivity index (χ4v) is 5.77. The van der Waals surface area contributed by atoms with E-state index in [0.717, 1.165) is 31.6 Å². The number of esters is 1. The number of aliphatic imine (C=N–C) groups is 1. The lowest BCUT2D eigenvalue weighted by molar-refractivity contribution is -0.151. The highest BCUT2D eigenvalue weighted by Gasteiger charge is 2.65. The maximum Gasteiger partial charge on any atom is 0.310 e. The summed E-state index contributed by atoms with van der Waals surface area (Å²) >= 11 is 0. The van der Waals surface area contributed by atoms with Crippen LogP contribution in [-0.2, 0) is 14.9 Å². The zero-order valence-corrected chi connectivity index (χ0v) is 14.2. The molecule has 0 aromatic heterocycles. The molecular formula is C20H22N2O2. The van der Waals surface area contributed by atoms with Gasteiger partial charge in [-0.3, -0.25) is 14.7 Å². The molecule has 3 aliphatic heterocycles. The first-order chi connectivity index (χ1) is 11.7. The van der Waals surface area contributed by atoms with Crippen molar-refractivity contribution in [3.8, 4) is 0 Å². The summed E-state index contributed by atoms with van der Waals surface area (Å²) in [6.07, 6.45) is 4.17. The number of hydrogen-bond acceptors (Lipinski definition) is 4. The Morgan fingerprint density at radius 1 is 1.42 bits per heavy atom. The highest BCUT2D eigenvalue weighted by atomic mass is 16.5. The second kappa shape index (κ2) is 4.79. The average Bonchev–Trinajstić information content (AvgIpc) is 2.96. The van der Waals surface area contributed by atoms with Gasteiger partial charge >= 0.3 is 5.97 Å². The fourth-order valence-electron chi connectivity index (χ4n) is 5.77. The molecule has 4 aliphatic rings. The molecule has 0 radical (unpaired) electrons. The molecular weight excluding hydrogens is 300 g/mol. The lowest BCUT2D eigenvalue weighted by atomic mass is 9.51. The van der Waals surface area contributed by atoms with Crippen molar-refractivity contribution < 1.29 is 9.53 Å². The quantitative estimate of drug-likeness (QED) is 0.590. The third kappa shape index (κ3) is 1.53. The lowest BCUT2D eigenvalue weighted by Gasteiger charge is -2.59. The van der Waals surface area contributed by atoms with Gasteiger partial charge in [-0.05, 0) is 37.3 Å². The van der Waals surface area contributed by atoms with Gasteiger partial charge in [-0.1, -0.05) is 29.8 Å². The number of allylic oxidation sites excluding steroid dienone is 1. The van der Waals surface area contributed by atoms with E-state index in [4.69, 9.17) is 9.73 Å². The van der Waals surface area contributed by atoms with Crippen molar-refractivity contribution in [1.29, 1.82) is 0 Å². The fraction of sp³-hybridized carbons (Fsp3) is 0.500. The van der Waals surface area contributed by atoms with Crippen LogP contribution in [0.25, 0.3) is 0 Å². The molecule has 124 valence electrons. The molecule has 3 bridgehead atoms. The summed E-state index contributed by atoms with van der Waals surface area (Å²) in [7, 11) is 1.52. The maximum absolute atomic E-state index is 12.9. The normalized spacial score (nSPS) is 37.8. The van der Waals surface area contributed by atoms with Crippen LogP contribution in [0.15, 0.2) is 40.9 Å². The minimum atomic E-state index is -0.261. The van der Waals surface area contributed by atoms with E-state index in [1.54, 1.807) is 0 Å². The van der Waals surface area contributed by atoms with E-state index in [1.807, 2.05) is 6.07 Å². The minimum absolute atomic E-state index is 0.0717. The van der Waals surface area contributed by atoms with Crippen LogP contribution in [0.3, 0.4) is 0 Å². The van der Waals surface area contributed by atoms with Crippen molar-refractivity contribution in [2.45, 2.75) is 31.2 Å². The summed E-state index contributed by atoms with van der Waals surface area (Å²) in [6.45, 7) is 4.09. The second-order valence-corrected chi connectivity index (χ2v) is 7.43. The van der Waals surface area contributed by atoms with Gasteiger partial charge < -0.3 is 4.74 Å². The number of para-hydroxylation sites is 1. The number of ether oxygens (including phenoxy) is 1. The molecule has 4 unspecified atom stereocenters. The van der Waals surface area contributed by atoms with E-state index in [9.17, 15) is 4.79 Å². The van der Waals surface area contributed by atoms with Gasteiger partial charge in [0.2, 0.25) is 0 Å². The summed E-state index contributed by atoms with van der Waals surface area (Å²) in [5.41, 5.74) is 4.64. The first-order valence-corrected chi connectivity index (χ1v) is 8.86. The number of benzene rings is 1. The predicted octanol–water partition coefficient (Wildman–Crippen LogP) is 2.85. The summed E-state index contributed by atoms with van der Waals surface area (Å²) in [5, 5.41) is 0. The van der Waals surface area contributed by atoms with Gasteiger partial charge in [0.1, 0.15) is 0 Å². The molecule has 3 fully saturated rings. The Morgan fingerprint density at radius 3 is 3.04 bits per heavy atom. The van der Waals surface area contributed by atoms with Crippen molar-refractivity contribution in [1.82, 2.24) is 4.90 Å². The highest BCUT2D eigenvalue weighted by Crippen LogP contribution is 2.60. The van der Waals surface area contributed by atoms with Crippen LogP contribution < -0.4 is 0 Å². The van der Waals surface area contributed by atoms with Crippen LogP contribution in [0.2, 0.25) is 0 Å². The molecule has 2 saturated heterocycles. The van der Waals surface area contributed by atoms with Crippen molar-refractivity contribution >= 4 is 17.4 Å². The molecule has 3 heterocycles. The van der Waals surface area contributed by atoms with E-state index in [0.29, 0.717) is 6.04 Å². The Morgan fingerprint density at radius 2 is 2.25 bits per heavy atom. The van der Waals surface area contributed by atoms with E-state index in [-0.39, 0.29) is 23.2 Å². The Bertz CT molecular complexity index is 797. The molecule has 4 nitrogen and oxygen atoms in total. The zero-order valence-electron chi connectivity index (χ0n) is 14.2. The number of carbonyl (C=O) groups is 1. The van der Waals surface area contributed by atoms with Gasteiger partial charge in [0.05, 0.1) is 24.1 Å². The van der Waals surface area contributed by atoms with Crippen LogP contribution in [-0.4, -0.2) is 42.8 Å². The Kier molecular flexibility index (Phi) is 2.88. The first kappa shape index (κ1) is 14.4. The van der Waals surface area contributed by atoms with E-state index >= 15 is 0 Å². The third-order valence-corrected chi connectivity index (χ3v) is 6.73. The van der Waals surface area contributed by atoms with Crippen LogP contribution in [0, 0.1) is 11.8 Å². The van der Waals surface area contributed by atoms with Crippen LogP contribution in [0.4, 0.5) is 5.69 Å². The summed E-state index contributed by atoms with van der Waals surface area (Å²) in [6, 6.07) is 8.76. The summed E-state index contributed by atoms with van der Waals surface area (Å²) < 4.78 is 5.31. The molecule has 24 heavy (non-hydrogen) atoms. The summed E-state index contributed by atoms with van der Waals surface area (Å²) in [4.78, 5) is 20.5. The number of carbonyl (C=O) groups excluding carboxylic acids is 1. The Hall–Kier alpha value is -1.94. The number of piperidine rings is 2. The molecule has 1 aromatic rings. The van der Waals surface area contributed by atoms with Crippen molar-refractivity contribution in [2.75, 3.05) is 20.2 Å².